The van der Waals surface area contributed by atoms with Gasteiger partial charge in [-0.2, -0.15) is 5.10 Å². The molecule has 0 amide bonds. The molecule has 0 fully saturated rings. The van der Waals surface area contributed by atoms with E-state index < -0.39 is 6.10 Å². The fourth-order valence-electron chi connectivity index (χ4n) is 2.49. The predicted molar refractivity (Wildman–Crippen MR) is 77.5 cm³/mol. The van der Waals surface area contributed by atoms with E-state index in [4.69, 9.17) is 11.6 Å². The summed E-state index contributed by atoms with van der Waals surface area (Å²) in [7, 11) is 1.78. The normalized spacial score (nSPS) is 12.7. The van der Waals surface area contributed by atoms with Gasteiger partial charge in [0.2, 0.25) is 0 Å². The number of hydrogen-bond acceptors (Lipinski definition) is 2. The first-order chi connectivity index (χ1) is 8.91. The summed E-state index contributed by atoms with van der Waals surface area (Å²) in [4.78, 5) is 0. The first-order valence-electron chi connectivity index (χ1n) is 6.34. The zero-order valence-corrected chi connectivity index (χ0v) is 12.5. The average Bonchev–Trinajstić information content (AvgIpc) is 2.58. The second-order valence-electron chi connectivity index (χ2n) is 5.00. The Labute approximate surface area is 118 Å². The van der Waals surface area contributed by atoms with Crippen LogP contribution in [-0.2, 0) is 13.5 Å². The van der Waals surface area contributed by atoms with E-state index in [1.807, 2.05) is 13.0 Å². The first kappa shape index (κ1) is 14.1. The molecule has 2 aromatic rings. The Morgan fingerprint density at radius 2 is 1.84 bits per heavy atom. The van der Waals surface area contributed by atoms with Crippen LogP contribution < -0.4 is 0 Å². The molecule has 1 N–H and O–H groups in total. The summed E-state index contributed by atoms with van der Waals surface area (Å²) in [5.74, 6) is 0. The molecule has 3 nitrogen and oxygen atoms in total. The smallest absolute Gasteiger partial charge is 0.132 e. The summed E-state index contributed by atoms with van der Waals surface area (Å²) in [6.07, 6.45) is -0.0638. The Bertz CT molecular complexity index is 584. The Morgan fingerprint density at radius 3 is 2.32 bits per heavy atom. The number of aryl methyl sites for hydroxylation is 4. The van der Waals surface area contributed by atoms with Crippen molar-refractivity contribution in [2.24, 2.45) is 7.05 Å². The molecule has 1 aromatic heterocycles. The summed E-state index contributed by atoms with van der Waals surface area (Å²) in [5, 5.41) is 15.2. The van der Waals surface area contributed by atoms with Gasteiger partial charge < -0.3 is 5.11 Å². The molecule has 0 aliphatic carbocycles. The fourth-order valence-corrected chi connectivity index (χ4v) is 2.79. The Kier molecular flexibility index (Phi) is 3.97. The number of rotatable bonds is 3. The van der Waals surface area contributed by atoms with Crippen molar-refractivity contribution in [3.63, 3.8) is 0 Å². The van der Waals surface area contributed by atoms with Crippen molar-refractivity contribution in [3.8, 4) is 0 Å². The van der Waals surface area contributed by atoms with Crippen molar-refractivity contribution in [1.82, 2.24) is 9.78 Å². The minimum Gasteiger partial charge on any atom is -0.388 e. The summed E-state index contributed by atoms with van der Waals surface area (Å²) < 4.78 is 1.60. The number of aliphatic hydroxyl groups excluding tert-OH is 1. The van der Waals surface area contributed by atoms with E-state index in [1.54, 1.807) is 11.7 Å². The van der Waals surface area contributed by atoms with Crippen molar-refractivity contribution in [2.45, 2.75) is 33.3 Å². The molecule has 2 rings (SSSR count). The van der Waals surface area contributed by atoms with Crippen LogP contribution in [0.4, 0.5) is 0 Å². The van der Waals surface area contributed by atoms with Gasteiger partial charge in [0.05, 0.1) is 11.8 Å². The maximum atomic E-state index is 10.5. The number of benzene rings is 1. The number of halogens is 1. The third kappa shape index (κ3) is 2.67. The van der Waals surface area contributed by atoms with Gasteiger partial charge in [0.15, 0.2) is 0 Å². The summed E-state index contributed by atoms with van der Waals surface area (Å²) in [6, 6.07) is 6.16. The van der Waals surface area contributed by atoms with Crippen LogP contribution in [0.3, 0.4) is 0 Å². The van der Waals surface area contributed by atoms with Crippen molar-refractivity contribution in [1.29, 1.82) is 0 Å². The lowest BCUT2D eigenvalue weighted by Crippen LogP contribution is -2.06. The summed E-state index contributed by atoms with van der Waals surface area (Å²) in [6.45, 7) is 5.99. The van der Waals surface area contributed by atoms with E-state index in [0.29, 0.717) is 11.6 Å². The summed E-state index contributed by atoms with van der Waals surface area (Å²) in [5.41, 5.74) is 5.07. The molecule has 0 aliphatic rings. The first-order valence-corrected chi connectivity index (χ1v) is 6.71. The maximum Gasteiger partial charge on any atom is 0.132 e. The van der Waals surface area contributed by atoms with Gasteiger partial charge in [-0.05, 0) is 37.5 Å². The van der Waals surface area contributed by atoms with Gasteiger partial charge >= 0.3 is 0 Å². The van der Waals surface area contributed by atoms with Gasteiger partial charge in [-0.25, -0.2) is 0 Å². The van der Waals surface area contributed by atoms with E-state index in [-0.39, 0.29) is 0 Å². The number of aromatic nitrogens is 2. The van der Waals surface area contributed by atoms with Crippen molar-refractivity contribution < 1.29 is 5.11 Å². The van der Waals surface area contributed by atoms with E-state index in [1.165, 1.54) is 16.7 Å². The average molecular weight is 279 g/mol. The fraction of sp³-hybridized carbons (Fsp3) is 0.400. The highest BCUT2D eigenvalue weighted by Gasteiger charge is 2.20. The zero-order valence-electron chi connectivity index (χ0n) is 11.7. The molecule has 1 unspecified atom stereocenters. The quantitative estimate of drug-likeness (QED) is 0.936. The second-order valence-corrected chi connectivity index (χ2v) is 5.36. The molecule has 1 atom stereocenters. The standard InChI is InChI=1S/C15H19ClN2O/c1-9-6-5-7-10(2)12(9)8-13(19)14-11(3)17-18(4)15(14)16/h5-7,13,19H,8H2,1-4H3. The van der Waals surface area contributed by atoms with Crippen LogP contribution in [0.25, 0.3) is 0 Å². The SMILES string of the molecule is Cc1cccc(C)c1CC(O)c1c(C)nn(C)c1Cl. The molecule has 0 spiro atoms. The summed E-state index contributed by atoms with van der Waals surface area (Å²) >= 11 is 6.20. The molecule has 0 bridgehead atoms. The molecule has 1 aromatic carbocycles. The molecule has 19 heavy (non-hydrogen) atoms. The Morgan fingerprint density at radius 1 is 1.26 bits per heavy atom. The third-order valence-electron chi connectivity index (χ3n) is 3.57. The van der Waals surface area contributed by atoms with E-state index in [0.717, 1.165) is 11.3 Å². The van der Waals surface area contributed by atoms with Crippen LogP contribution in [-0.4, -0.2) is 14.9 Å². The van der Waals surface area contributed by atoms with Crippen LogP contribution >= 0.6 is 11.6 Å². The van der Waals surface area contributed by atoms with Crippen molar-refractivity contribution >= 4 is 11.6 Å². The van der Waals surface area contributed by atoms with Crippen LogP contribution in [0.5, 0.6) is 0 Å². The van der Waals surface area contributed by atoms with Gasteiger partial charge in [-0.3, -0.25) is 4.68 Å². The second kappa shape index (κ2) is 5.35. The Balaban J connectivity index is 2.33. The minimum atomic E-state index is -0.624. The van der Waals surface area contributed by atoms with Gasteiger partial charge in [0, 0.05) is 19.0 Å². The van der Waals surface area contributed by atoms with Crippen molar-refractivity contribution in [2.75, 3.05) is 0 Å². The topological polar surface area (TPSA) is 38.1 Å². The maximum absolute atomic E-state index is 10.5. The molecule has 0 aliphatic heterocycles. The highest BCUT2D eigenvalue weighted by molar-refractivity contribution is 6.30. The lowest BCUT2D eigenvalue weighted by molar-refractivity contribution is 0.177. The van der Waals surface area contributed by atoms with Crippen molar-refractivity contribution in [3.05, 3.63) is 51.3 Å². The van der Waals surface area contributed by atoms with Gasteiger partial charge in [0.1, 0.15) is 5.15 Å². The molecule has 0 saturated heterocycles. The molecule has 1 heterocycles. The van der Waals surface area contributed by atoms with E-state index >= 15 is 0 Å². The largest absolute Gasteiger partial charge is 0.388 e. The molecule has 4 heteroatoms. The van der Waals surface area contributed by atoms with Gasteiger partial charge in [0.25, 0.3) is 0 Å². The lowest BCUT2D eigenvalue weighted by Gasteiger charge is -2.15. The molecule has 0 radical (unpaired) electrons. The molecular weight excluding hydrogens is 260 g/mol. The monoisotopic (exact) mass is 278 g/mol. The number of aliphatic hydroxyl groups is 1. The lowest BCUT2D eigenvalue weighted by atomic mass is 9.95. The van der Waals surface area contributed by atoms with Gasteiger partial charge in [-0.1, -0.05) is 29.8 Å². The number of hydrogen-bond donors (Lipinski definition) is 1. The molecule has 102 valence electrons. The number of nitrogens with zero attached hydrogens (tertiary/aromatic N) is 2. The van der Waals surface area contributed by atoms with E-state index in [2.05, 4.69) is 31.1 Å². The van der Waals surface area contributed by atoms with Crippen LogP contribution in [0.2, 0.25) is 5.15 Å². The minimum absolute atomic E-state index is 0.510. The van der Waals surface area contributed by atoms with Crippen LogP contribution in [0, 0.1) is 20.8 Å². The molecular formula is C15H19ClN2O. The molecule has 0 saturated carbocycles. The van der Waals surface area contributed by atoms with E-state index in [9.17, 15) is 5.11 Å². The zero-order chi connectivity index (χ0) is 14.2. The predicted octanol–water partition coefficient (Wildman–Crippen LogP) is 3.27. The Hall–Kier alpha value is -1.32. The van der Waals surface area contributed by atoms with Gasteiger partial charge in [-0.15, -0.1) is 0 Å². The highest BCUT2D eigenvalue weighted by Crippen LogP contribution is 2.29. The van der Waals surface area contributed by atoms with Crippen LogP contribution in [0.15, 0.2) is 18.2 Å². The third-order valence-corrected chi connectivity index (χ3v) is 4.02. The van der Waals surface area contributed by atoms with Crippen LogP contribution in [0.1, 0.15) is 34.1 Å². The highest BCUT2D eigenvalue weighted by atomic mass is 35.5.